The smallest absolute Gasteiger partial charge is 0.507 e. The minimum absolute atomic E-state index is 0.00442. The van der Waals surface area contributed by atoms with Crippen molar-refractivity contribution in [2.24, 2.45) is 11.8 Å². The second-order valence-electron chi connectivity index (χ2n) is 18.1. The van der Waals surface area contributed by atoms with Crippen LogP contribution in [-0.4, -0.2) is 73.6 Å². The molecule has 0 unspecified atom stereocenters. The van der Waals surface area contributed by atoms with Gasteiger partial charge in [0.25, 0.3) is 5.88 Å². The second kappa shape index (κ2) is 14.3. The Labute approximate surface area is 338 Å². The Kier molecular flexibility index (Phi) is 10.2. The number of nitrogens with zero attached hydrogens (tertiary/aromatic N) is 2. The summed E-state index contributed by atoms with van der Waals surface area (Å²) < 4.78 is 51.7. The molecule has 4 atom stereocenters. The van der Waals surface area contributed by atoms with Crippen LogP contribution in [0.2, 0.25) is 18.1 Å². The summed E-state index contributed by atoms with van der Waals surface area (Å²) in [4.78, 5) is 46.6. The Balaban J connectivity index is 1.48. The lowest BCUT2D eigenvalue weighted by Gasteiger charge is -2.55. The van der Waals surface area contributed by atoms with Gasteiger partial charge >= 0.3 is 6.16 Å². The minimum atomic E-state index is -3.01. The van der Waals surface area contributed by atoms with Crippen molar-refractivity contribution in [3.05, 3.63) is 87.9 Å². The predicted octanol–water partition coefficient (Wildman–Crippen LogP) is 9.16. The largest absolute Gasteiger partial charge is 0.514 e. The number of fused-ring (bicyclic) bond motifs is 5. The van der Waals surface area contributed by atoms with Crippen LogP contribution in [0.1, 0.15) is 86.8 Å². The number of aliphatic hydroxyl groups excluding tert-OH is 1. The average molecular weight is 815 g/mol. The van der Waals surface area contributed by atoms with E-state index in [1.807, 2.05) is 83.2 Å². The number of ether oxygens (including phenoxy) is 4. The fourth-order valence-electron chi connectivity index (χ4n) is 8.43. The van der Waals surface area contributed by atoms with Crippen LogP contribution in [0.5, 0.6) is 17.4 Å². The van der Waals surface area contributed by atoms with Crippen molar-refractivity contribution < 1.29 is 51.8 Å². The van der Waals surface area contributed by atoms with Gasteiger partial charge in [0.2, 0.25) is 11.6 Å². The maximum atomic E-state index is 15.9. The first-order valence-corrected chi connectivity index (χ1v) is 22.3. The van der Waals surface area contributed by atoms with Crippen LogP contribution in [0, 0.1) is 17.7 Å². The Morgan fingerprint density at radius 2 is 1.69 bits per heavy atom. The number of methoxy groups -OCH3 is 1. The summed E-state index contributed by atoms with van der Waals surface area (Å²) >= 11 is 0. The zero-order valence-electron chi connectivity index (χ0n) is 34.9. The molecule has 14 heteroatoms. The Hall–Kier alpha value is -5.05. The lowest BCUT2D eigenvalue weighted by molar-refractivity contribution is -0.140. The molecule has 0 radical (unpaired) electrons. The third-order valence-corrected chi connectivity index (χ3v) is 16.4. The highest BCUT2D eigenvalue weighted by Crippen LogP contribution is 2.60. The van der Waals surface area contributed by atoms with E-state index in [1.165, 1.54) is 25.3 Å². The van der Waals surface area contributed by atoms with Gasteiger partial charge < -0.3 is 33.0 Å². The summed E-state index contributed by atoms with van der Waals surface area (Å²) in [5.41, 5.74) is -1.93. The third-order valence-electron chi connectivity index (χ3n) is 11.9. The van der Waals surface area contributed by atoms with Gasteiger partial charge in [-0.2, -0.15) is 0 Å². The lowest BCUT2D eigenvalue weighted by Crippen LogP contribution is -2.68. The van der Waals surface area contributed by atoms with E-state index in [9.17, 15) is 9.90 Å². The van der Waals surface area contributed by atoms with Crippen molar-refractivity contribution in [3.8, 4) is 17.4 Å². The molecule has 3 aromatic carbocycles. The quantitative estimate of drug-likeness (QED) is 0.0783. The number of Topliss-reactive ketones (excluding diaryl/α,β-unsaturated/α-hetero) is 2. The molecule has 0 spiro atoms. The standard InChI is InChI=1S/C44H51FN2O10Si/c1-42(2,3)55-41(51)54-36-27-21-25(45)17-18-26(27)35(52-9)28-19-24-20-29-33(47(7)8)37-32(40(46-56-37)53-22-23-15-13-12-14-16-23)39(50)44(29,57-58(10,11)43(4,5)6)38(49)30(24)34(48)31(28)36/h12-18,21,24,29,33,48H,19-20,22H2,1-11H3/t24-,29-,33-,44-/m0/s1. The molecule has 58 heavy (non-hydrogen) atoms. The van der Waals surface area contributed by atoms with Crippen LogP contribution in [0.3, 0.4) is 0 Å². The zero-order chi connectivity index (χ0) is 42.3. The number of aliphatic hydroxyl groups is 1. The van der Waals surface area contributed by atoms with E-state index in [-0.39, 0.29) is 58.9 Å². The van der Waals surface area contributed by atoms with E-state index < -0.39 is 71.7 Å². The summed E-state index contributed by atoms with van der Waals surface area (Å²) in [6.07, 6.45) is -0.768. The second-order valence-corrected chi connectivity index (χ2v) is 22.9. The number of carbonyl (C=O) groups is 3. The number of halogens is 1. The maximum Gasteiger partial charge on any atom is 0.514 e. The molecule has 12 nitrogen and oxygen atoms in total. The first-order chi connectivity index (χ1) is 27.1. The van der Waals surface area contributed by atoms with Crippen molar-refractivity contribution in [3.63, 3.8) is 0 Å². The highest BCUT2D eigenvalue weighted by atomic mass is 28.4. The van der Waals surface area contributed by atoms with E-state index in [0.717, 1.165) is 5.56 Å². The van der Waals surface area contributed by atoms with E-state index >= 15 is 14.0 Å². The van der Waals surface area contributed by atoms with Gasteiger partial charge in [-0.05, 0) is 101 Å². The number of carbonyl (C=O) groups excluding carboxylic acids is 3. The SMILES string of the molecule is COc1c2c(c(OC(=O)OC(C)(C)C)c3cc(F)ccc13)C(O)=C1C(=O)[C@]3(O[Si](C)(C)C(C)(C)C)C(=O)c4c(OCc5ccccc5)noc4[C@@H](N(C)C)[C@@H]3C[C@@H]1C2. The van der Waals surface area contributed by atoms with Gasteiger partial charge in [0.15, 0.2) is 25.4 Å². The van der Waals surface area contributed by atoms with Gasteiger partial charge in [-0.1, -0.05) is 51.1 Å². The van der Waals surface area contributed by atoms with Gasteiger partial charge in [0, 0.05) is 27.8 Å². The molecule has 1 saturated carbocycles. The summed E-state index contributed by atoms with van der Waals surface area (Å²) in [5.74, 6) is -3.72. The molecule has 7 rings (SSSR count). The molecule has 3 aliphatic rings. The fourth-order valence-corrected chi connectivity index (χ4v) is 9.88. The lowest BCUT2D eigenvalue weighted by atomic mass is 9.57. The maximum absolute atomic E-state index is 15.9. The van der Waals surface area contributed by atoms with Crippen molar-refractivity contribution in [1.29, 1.82) is 0 Å². The molecular formula is C44H51FN2O10Si. The zero-order valence-corrected chi connectivity index (χ0v) is 35.9. The molecule has 0 bridgehead atoms. The topological polar surface area (TPSA) is 147 Å². The normalized spacial score (nSPS) is 22.0. The van der Waals surface area contributed by atoms with Gasteiger partial charge in [-0.15, -0.1) is 0 Å². The van der Waals surface area contributed by atoms with Crippen LogP contribution < -0.4 is 14.2 Å². The number of aromatic nitrogens is 1. The Morgan fingerprint density at radius 3 is 2.31 bits per heavy atom. The van der Waals surface area contributed by atoms with Crippen LogP contribution >= 0.6 is 0 Å². The first kappa shape index (κ1) is 41.1. The fraction of sp³-hybridized carbons (Fsp3) is 0.455. The van der Waals surface area contributed by atoms with E-state index in [0.29, 0.717) is 16.7 Å². The van der Waals surface area contributed by atoms with E-state index in [1.54, 1.807) is 20.8 Å². The highest BCUT2D eigenvalue weighted by molar-refractivity contribution is 6.74. The van der Waals surface area contributed by atoms with Gasteiger partial charge in [-0.3, -0.25) is 14.5 Å². The molecule has 1 heterocycles. The molecule has 1 N–H and O–H groups in total. The number of rotatable bonds is 8. The predicted molar refractivity (Wildman–Crippen MR) is 216 cm³/mol. The van der Waals surface area contributed by atoms with Gasteiger partial charge in [-0.25, -0.2) is 9.18 Å². The van der Waals surface area contributed by atoms with E-state index in [2.05, 4.69) is 5.16 Å². The molecule has 1 aromatic heterocycles. The molecule has 0 saturated heterocycles. The highest BCUT2D eigenvalue weighted by Gasteiger charge is 2.69. The molecule has 308 valence electrons. The molecule has 0 aliphatic heterocycles. The summed E-state index contributed by atoms with van der Waals surface area (Å²) in [5, 5.41) is 16.9. The van der Waals surface area contributed by atoms with Gasteiger partial charge in [0.1, 0.15) is 35.1 Å². The molecule has 3 aliphatic carbocycles. The monoisotopic (exact) mass is 814 g/mol. The van der Waals surface area contributed by atoms with Crippen molar-refractivity contribution >= 4 is 42.6 Å². The Morgan fingerprint density at radius 1 is 1.00 bits per heavy atom. The van der Waals surface area contributed by atoms with Gasteiger partial charge in [0.05, 0.1) is 18.7 Å². The van der Waals surface area contributed by atoms with Crippen molar-refractivity contribution in [2.45, 2.75) is 96.4 Å². The number of hydrogen-bond acceptors (Lipinski definition) is 12. The Bertz CT molecular complexity index is 2360. The minimum Gasteiger partial charge on any atom is -0.507 e. The number of benzene rings is 3. The van der Waals surface area contributed by atoms with Crippen molar-refractivity contribution in [2.75, 3.05) is 21.2 Å². The summed E-state index contributed by atoms with van der Waals surface area (Å²) in [7, 11) is 2.12. The summed E-state index contributed by atoms with van der Waals surface area (Å²) in [6, 6.07) is 12.6. The van der Waals surface area contributed by atoms with Crippen LogP contribution in [0.15, 0.2) is 58.6 Å². The molecule has 4 aromatic rings. The first-order valence-electron chi connectivity index (χ1n) is 19.4. The third kappa shape index (κ3) is 6.68. The van der Waals surface area contributed by atoms with Crippen LogP contribution in [0.25, 0.3) is 16.5 Å². The van der Waals surface area contributed by atoms with Crippen molar-refractivity contribution in [1.82, 2.24) is 10.1 Å². The van der Waals surface area contributed by atoms with E-state index in [4.69, 9.17) is 27.9 Å². The van der Waals surface area contributed by atoms with Crippen LogP contribution in [-0.2, 0) is 27.0 Å². The average Bonchev–Trinajstić information content (AvgIpc) is 3.54. The molecule has 1 fully saturated rings. The molecular weight excluding hydrogens is 764 g/mol. The number of hydrogen-bond donors (Lipinski definition) is 1. The van der Waals surface area contributed by atoms with Crippen LogP contribution in [0.4, 0.5) is 9.18 Å². The number of ketones is 2. The summed E-state index contributed by atoms with van der Waals surface area (Å²) in [6.45, 7) is 15.1. The molecule has 0 amide bonds.